The molecule has 1 saturated carbocycles. The first-order chi connectivity index (χ1) is 12.3. The molecule has 0 radical (unpaired) electrons. The number of ether oxygens (including phenoxy) is 2. The van der Waals surface area contributed by atoms with Gasteiger partial charge in [0.25, 0.3) is 0 Å². The van der Waals surface area contributed by atoms with Gasteiger partial charge >= 0.3 is 6.03 Å². The molecule has 5 heteroatoms. The van der Waals surface area contributed by atoms with Gasteiger partial charge < -0.3 is 19.7 Å². The first kappa shape index (κ1) is 16.7. The van der Waals surface area contributed by atoms with Crippen molar-refractivity contribution in [1.82, 2.24) is 10.2 Å². The van der Waals surface area contributed by atoms with Gasteiger partial charge in [0, 0.05) is 25.3 Å². The summed E-state index contributed by atoms with van der Waals surface area (Å²) in [5, 5.41) is 3.23. The topological polar surface area (TPSA) is 50.8 Å². The summed E-state index contributed by atoms with van der Waals surface area (Å²) in [6, 6.07) is 8.12. The molecule has 1 aromatic carbocycles. The Labute approximate surface area is 149 Å². The molecule has 2 amide bonds. The molecule has 0 bridgehead atoms. The van der Waals surface area contributed by atoms with Gasteiger partial charge in [0.2, 0.25) is 0 Å². The standard InChI is InChI=1S/C20H28N2O3/c23-20(22-11-9-16(10-12-22)25-14-15-7-8-15)21-18-5-3-13-24-19-6-2-1-4-17(18)19/h1-2,4,6,15-16,18H,3,5,7-14H2,(H,21,23). The molecule has 4 rings (SSSR count). The summed E-state index contributed by atoms with van der Waals surface area (Å²) in [7, 11) is 0. The summed E-state index contributed by atoms with van der Waals surface area (Å²) in [5.74, 6) is 1.70. The molecular weight excluding hydrogens is 316 g/mol. The third kappa shape index (κ3) is 4.27. The van der Waals surface area contributed by atoms with Crippen molar-refractivity contribution in [3.8, 4) is 5.75 Å². The number of piperidine rings is 1. The second kappa shape index (κ2) is 7.65. The van der Waals surface area contributed by atoms with Crippen LogP contribution in [0.2, 0.25) is 0 Å². The number of rotatable bonds is 4. The van der Waals surface area contributed by atoms with E-state index >= 15 is 0 Å². The Hall–Kier alpha value is -1.75. The SMILES string of the molecule is O=C(NC1CCCOc2ccccc21)N1CCC(OCC2CC2)CC1. The van der Waals surface area contributed by atoms with Crippen molar-refractivity contribution in [3.05, 3.63) is 29.8 Å². The molecule has 1 atom stereocenters. The maximum absolute atomic E-state index is 12.7. The number of hydrogen-bond acceptors (Lipinski definition) is 3. The molecule has 2 fully saturated rings. The Bertz CT molecular complexity index is 594. The highest BCUT2D eigenvalue weighted by molar-refractivity contribution is 5.75. The molecule has 1 saturated heterocycles. The number of carbonyl (C=O) groups excluding carboxylic acids is 1. The molecule has 3 aliphatic rings. The van der Waals surface area contributed by atoms with E-state index in [0.717, 1.165) is 62.6 Å². The van der Waals surface area contributed by atoms with Crippen LogP contribution < -0.4 is 10.1 Å². The van der Waals surface area contributed by atoms with Crippen molar-refractivity contribution >= 4 is 6.03 Å². The number of hydrogen-bond donors (Lipinski definition) is 1. The number of amides is 2. The predicted octanol–water partition coefficient (Wildman–Crippen LogP) is 3.50. The fourth-order valence-corrected chi connectivity index (χ4v) is 3.70. The summed E-state index contributed by atoms with van der Waals surface area (Å²) in [6.45, 7) is 3.20. The highest BCUT2D eigenvalue weighted by Gasteiger charge is 2.28. The van der Waals surface area contributed by atoms with Gasteiger partial charge in [0.1, 0.15) is 5.75 Å². The van der Waals surface area contributed by atoms with E-state index in [1.54, 1.807) is 0 Å². The van der Waals surface area contributed by atoms with Crippen LogP contribution >= 0.6 is 0 Å². The highest BCUT2D eigenvalue weighted by Crippen LogP contribution is 2.32. The van der Waals surface area contributed by atoms with Crippen molar-refractivity contribution in [2.24, 2.45) is 5.92 Å². The smallest absolute Gasteiger partial charge is 0.317 e. The summed E-state index contributed by atoms with van der Waals surface area (Å²) in [5.41, 5.74) is 1.09. The average molecular weight is 344 g/mol. The maximum Gasteiger partial charge on any atom is 0.317 e. The maximum atomic E-state index is 12.7. The van der Waals surface area contributed by atoms with Gasteiger partial charge in [-0.2, -0.15) is 0 Å². The van der Waals surface area contributed by atoms with Gasteiger partial charge in [0.15, 0.2) is 0 Å². The predicted molar refractivity (Wildman–Crippen MR) is 95.7 cm³/mol. The first-order valence-electron chi connectivity index (χ1n) is 9.68. The number of urea groups is 1. The molecule has 1 aromatic rings. The van der Waals surface area contributed by atoms with Gasteiger partial charge in [-0.15, -0.1) is 0 Å². The van der Waals surface area contributed by atoms with Crippen molar-refractivity contribution < 1.29 is 14.3 Å². The lowest BCUT2D eigenvalue weighted by atomic mass is 10.0. The zero-order chi connectivity index (χ0) is 17.1. The molecule has 5 nitrogen and oxygen atoms in total. The van der Waals surface area contributed by atoms with Crippen LogP contribution in [0, 0.1) is 5.92 Å². The zero-order valence-corrected chi connectivity index (χ0v) is 14.8. The van der Waals surface area contributed by atoms with Crippen LogP contribution in [0.3, 0.4) is 0 Å². The summed E-state index contributed by atoms with van der Waals surface area (Å²) >= 11 is 0. The number of fused-ring (bicyclic) bond motifs is 1. The summed E-state index contributed by atoms with van der Waals surface area (Å²) < 4.78 is 11.8. The van der Waals surface area contributed by atoms with E-state index in [1.165, 1.54) is 12.8 Å². The summed E-state index contributed by atoms with van der Waals surface area (Å²) in [4.78, 5) is 14.6. The molecule has 25 heavy (non-hydrogen) atoms. The van der Waals surface area contributed by atoms with Gasteiger partial charge in [-0.25, -0.2) is 4.79 Å². The summed E-state index contributed by atoms with van der Waals surface area (Å²) in [6.07, 6.45) is 6.76. The van der Waals surface area contributed by atoms with E-state index in [0.29, 0.717) is 12.7 Å². The van der Waals surface area contributed by atoms with E-state index in [1.807, 2.05) is 23.1 Å². The quantitative estimate of drug-likeness (QED) is 0.909. The van der Waals surface area contributed by atoms with Gasteiger partial charge in [0.05, 0.1) is 18.8 Å². The fraction of sp³-hybridized carbons (Fsp3) is 0.650. The number of benzene rings is 1. The number of para-hydroxylation sites is 1. The van der Waals surface area contributed by atoms with Crippen LogP contribution in [0.5, 0.6) is 5.75 Å². The second-order valence-corrected chi connectivity index (χ2v) is 7.49. The van der Waals surface area contributed by atoms with E-state index in [2.05, 4.69) is 11.4 Å². The number of nitrogens with one attached hydrogen (secondary N) is 1. The van der Waals surface area contributed by atoms with Crippen LogP contribution in [0.4, 0.5) is 4.79 Å². The molecule has 1 aliphatic carbocycles. The third-order valence-corrected chi connectivity index (χ3v) is 5.48. The molecule has 2 aliphatic heterocycles. The molecule has 2 heterocycles. The lowest BCUT2D eigenvalue weighted by molar-refractivity contribution is 0.00927. The Balaban J connectivity index is 1.30. The van der Waals surface area contributed by atoms with Crippen LogP contribution in [0.1, 0.15) is 50.1 Å². The zero-order valence-electron chi connectivity index (χ0n) is 14.8. The lowest BCUT2D eigenvalue weighted by Crippen LogP contribution is -2.47. The van der Waals surface area contributed by atoms with Gasteiger partial charge in [-0.05, 0) is 50.5 Å². The van der Waals surface area contributed by atoms with Crippen LogP contribution in [0.25, 0.3) is 0 Å². The molecule has 136 valence electrons. The minimum atomic E-state index is 0.0371. The number of carbonyl (C=O) groups is 1. The van der Waals surface area contributed by atoms with E-state index in [9.17, 15) is 4.79 Å². The minimum Gasteiger partial charge on any atom is -0.493 e. The van der Waals surface area contributed by atoms with Gasteiger partial charge in [-0.1, -0.05) is 18.2 Å². The normalized spacial score (nSPS) is 24.2. The Morgan fingerprint density at radius 1 is 1.16 bits per heavy atom. The largest absolute Gasteiger partial charge is 0.493 e. The first-order valence-corrected chi connectivity index (χ1v) is 9.68. The van der Waals surface area contributed by atoms with Crippen molar-refractivity contribution in [3.63, 3.8) is 0 Å². The average Bonchev–Trinajstić information content (AvgIpc) is 3.48. The van der Waals surface area contributed by atoms with E-state index < -0.39 is 0 Å². The Kier molecular flexibility index (Phi) is 5.11. The van der Waals surface area contributed by atoms with Crippen LogP contribution in [-0.4, -0.2) is 43.3 Å². The molecular formula is C20H28N2O3. The van der Waals surface area contributed by atoms with Crippen LogP contribution in [-0.2, 0) is 4.74 Å². The Morgan fingerprint density at radius 2 is 1.96 bits per heavy atom. The van der Waals surface area contributed by atoms with E-state index in [4.69, 9.17) is 9.47 Å². The third-order valence-electron chi connectivity index (χ3n) is 5.48. The second-order valence-electron chi connectivity index (χ2n) is 7.49. The molecule has 0 spiro atoms. The number of nitrogens with zero attached hydrogens (tertiary/aromatic N) is 1. The monoisotopic (exact) mass is 344 g/mol. The van der Waals surface area contributed by atoms with Crippen molar-refractivity contribution in [2.45, 2.75) is 50.7 Å². The molecule has 1 unspecified atom stereocenters. The lowest BCUT2D eigenvalue weighted by Gasteiger charge is -2.33. The van der Waals surface area contributed by atoms with Gasteiger partial charge in [-0.3, -0.25) is 0 Å². The van der Waals surface area contributed by atoms with Crippen molar-refractivity contribution in [2.75, 3.05) is 26.3 Å². The highest BCUT2D eigenvalue weighted by atomic mass is 16.5. The molecule has 1 N–H and O–H groups in total. The van der Waals surface area contributed by atoms with E-state index in [-0.39, 0.29) is 12.1 Å². The fourth-order valence-electron chi connectivity index (χ4n) is 3.70. The van der Waals surface area contributed by atoms with Crippen LogP contribution in [0.15, 0.2) is 24.3 Å². The minimum absolute atomic E-state index is 0.0371. The van der Waals surface area contributed by atoms with Crippen molar-refractivity contribution in [1.29, 1.82) is 0 Å². The number of likely N-dealkylation sites (tertiary alicyclic amines) is 1. The molecule has 0 aromatic heterocycles. The Morgan fingerprint density at radius 3 is 2.76 bits per heavy atom.